The van der Waals surface area contributed by atoms with Gasteiger partial charge in [0.15, 0.2) is 11.6 Å². The van der Waals surface area contributed by atoms with Crippen molar-refractivity contribution in [2.24, 2.45) is 0 Å². The van der Waals surface area contributed by atoms with Gasteiger partial charge in [-0.25, -0.2) is 4.39 Å². The number of benzene rings is 1. The molecule has 3 rings (SSSR count). The van der Waals surface area contributed by atoms with Crippen LogP contribution < -0.4 is 9.47 Å². The van der Waals surface area contributed by atoms with E-state index in [0.29, 0.717) is 11.3 Å². The second-order valence-corrected chi connectivity index (χ2v) is 8.92. The Bertz CT molecular complexity index is 996. The Morgan fingerprint density at radius 1 is 1.06 bits per heavy atom. The number of hydrogen-bond acceptors (Lipinski definition) is 8. The summed E-state index contributed by atoms with van der Waals surface area (Å²) in [5, 5.41) is 44.2. The van der Waals surface area contributed by atoms with E-state index in [0.717, 1.165) is 0 Å². The van der Waals surface area contributed by atoms with Gasteiger partial charge in [0.1, 0.15) is 24.4 Å². The molecule has 0 spiro atoms. The van der Waals surface area contributed by atoms with Gasteiger partial charge in [0.25, 0.3) is 0 Å². The predicted octanol–water partition coefficient (Wildman–Crippen LogP) is 1.61. The number of aliphatic hydroxyl groups is 4. The first-order chi connectivity index (χ1) is 16.0. The van der Waals surface area contributed by atoms with Gasteiger partial charge in [0.2, 0.25) is 18.0 Å². The SMILES string of the molecule is Cc1c(Cc2ccc(OC(C)C)c(F)c2F)c(OC2O[C@H](CO)[C@@H](O)[C@@H](O)[C@H]2O)nn1C(C)C. The van der Waals surface area contributed by atoms with Crippen LogP contribution in [0.15, 0.2) is 12.1 Å². The van der Waals surface area contributed by atoms with Crippen LogP contribution in [0.3, 0.4) is 0 Å². The molecule has 1 unspecified atom stereocenters. The van der Waals surface area contributed by atoms with Crippen LogP contribution in [0.2, 0.25) is 0 Å². The van der Waals surface area contributed by atoms with E-state index in [1.807, 2.05) is 13.8 Å². The molecule has 34 heavy (non-hydrogen) atoms. The molecular formula is C23H32F2N2O7. The summed E-state index contributed by atoms with van der Waals surface area (Å²) in [6.45, 7) is 8.29. The summed E-state index contributed by atoms with van der Waals surface area (Å²) in [4.78, 5) is 0. The number of ether oxygens (including phenoxy) is 3. The first-order valence-corrected chi connectivity index (χ1v) is 11.1. The first kappa shape index (κ1) is 26.3. The second-order valence-electron chi connectivity index (χ2n) is 8.92. The van der Waals surface area contributed by atoms with Crippen molar-refractivity contribution in [2.75, 3.05) is 6.61 Å². The molecule has 2 aromatic rings. The minimum absolute atomic E-state index is 0.0159. The fourth-order valence-electron chi connectivity index (χ4n) is 3.85. The van der Waals surface area contributed by atoms with Gasteiger partial charge in [0, 0.05) is 23.7 Å². The van der Waals surface area contributed by atoms with Crippen LogP contribution in [-0.2, 0) is 11.2 Å². The third kappa shape index (κ3) is 5.18. The van der Waals surface area contributed by atoms with Gasteiger partial charge in [0.05, 0.1) is 12.7 Å². The highest BCUT2D eigenvalue weighted by atomic mass is 19.2. The van der Waals surface area contributed by atoms with Crippen molar-refractivity contribution in [1.82, 2.24) is 9.78 Å². The monoisotopic (exact) mass is 486 g/mol. The Hall–Kier alpha value is -2.31. The van der Waals surface area contributed by atoms with Gasteiger partial charge < -0.3 is 34.6 Å². The Kier molecular flexibility index (Phi) is 8.14. The van der Waals surface area contributed by atoms with Crippen LogP contribution in [0.25, 0.3) is 0 Å². The van der Waals surface area contributed by atoms with Crippen molar-refractivity contribution in [1.29, 1.82) is 0 Å². The summed E-state index contributed by atoms with van der Waals surface area (Å²) in [6, 6.07) is 2.67. The van der Waals surface area contributed by atoms with E-state index in [4.69, 9.17) is 14.2 Å². The maximum absolute atomic E-state index is 14.9. The second kappa shape index (κ2) is 10.5. The van der Waals surface area contributed by atoms with E-state index in [9.17, 15) is 29.2 Å². The average molecular weight is 487 g/mol. The topological polar surface area (TPSA) is 126 Å². The van der Waals surface area contributed by atoms with Crippen molar-refractivity contribution in [3.05, 3.63) is 40.6 Å². The Balaban J connectivity index is 1.95. The lowest BCUT2D eigenvalue weighted by Gasteiger charge is -2.39. The molecule has 1 aliphatic rings. The minimum Gasteiger partial charge on any atom is -0.488 e. The maximum atomic E-state index is 14.9. The Labute approximate surface area is 196 Å². The number of halogens is 2. The normalized spacial score (nSPS) is 25.3. The van der Waals surface area contributed by atoms with Crippen molar-refractivity contribution >= 4 is 0 Å². The quantitative estimate of drug-likeness (QED) is 0.443. The number of aliphatic hydroxyl groups excluding tert-OH is 4. The standard InChI is InChI=1S/C23H32F2N2O7/c1-10(2)27-12(5)14(8-13-6-7-15(32-11(3)4)18(25)17(13)24)22(26-27)34-23-21(31)20(30)19(29)16(9-28)33-23/h6-7,10-11,16,19-21,23,28-31H,8-9H2,1-5H3/t16-,19-,20-,21-,23?/m1/s1. The van der Waals surface area contributed by atoms with Crippen LogP contribution in [-0.4, -0.2) is 73.6 Å². The number of nitrogens with zero attached hydrogens (tertiary/aromatic N) is 2. The summed E-state index contributed by atoms with van der Waals surface area (Å²) in [7, 11) is 0. The van der Waals surface area contributed by atoms with Gasteiger partial charge in [-0.1, -0.05) is 6.07 Å². The zero-order chi connectivity index (χ0) is 25.3. The summed E-state index contributed by atoms with van der Waals surface area (Å²) >= 11 is 0. The molecule has 9 nitrogen and oxygen atoms in total. The molecule has 1 fully saturated rings. The zero-order valence-electron chi connectivity index (χ0n) is 19.8. The van der Waals surface area contributed by atoms with Gasteiger partial charge in [-0.3, -0.25) is 4.68 Å². The van der Waals surface area contributed by atoms with Crippen molar-refractivity contribution in [2.45, 2.75) is 83.9 Å². The number of rotatable bonds is 8. The lowest BCUT2D eigenvalue weighted by Crippen LogP contribution is -2.60. The molecule has 190 valence electrons. The minimum atomic E-state index is -1.64. The van der Waals surface area contributed by atoms with E-state index in [1.54, 1.807) is 25.5 Å². The molecule has 11 heteroatoms. The molecule has 0 radical (unpaired) electrons. The fourth-order valence-corrected chi connectivity index (χ4v) is 3.85. The molecule has 1 aromatic heterocycles. The molecule has 5 atom stereocenters. The van der Waals surface area contributed by atoms with Gasteiger partial charge >= 0.3 is 0 Å². The van der Waals surface area contributed by atoms with Crippen molar-refractivity contribution < 1.29 is 43.4 Å². The van der Waals surface area contributed by atoms with Crippen LogP contribution >= 0.6 is 0 Å². The summed E-state index contributed by atoms with van der Waals surface area (Å²) in [6.07, 6.45) is -7.87. The lowest BCUT2D eigenvalue weighted by molar-refractivity contribution is -0.278. The third-order valence-corrected chi connectivity index (χ3v) is 5.66. The Morgan fingerprint density at radius 3 is 2.32 bits per heavy atom. The van der Waals surface area contributed by atoms with E-state index in [-0.39, 0.29) is 35.8 Å². The van der Waals surface area contributed by atoms with Crippen LogP contribution in [0.5, 0.6) is 11.6 Å². The molecular weight excluding hydrogens is 454 g/mol. The molecule has 2 heterocycles. The maximum Gasteiger partial charge on any atom is 0.239 e. The van der Waals surface area contributed by atoms with Gasteiger partial charge in [-0.05, 0) is 46.2 Å². The fraction of sp³-hybridized carbons (Fsp3) is 0.609. The highest BCUT2D eigenvalue weighted by Crippen LogP contribution is 2.32. The van der Waals surface area contributed by atoms with Crippen molar-refractivity contribution in [3.8, 4) is 11.6 Å². The molecule has 0 aliphatic carbocycles. The van der Waals surface area contributed by atoms with Crippen LogP contribution in [0.1, 0.15) is 50.6 Å². The van der Waals surface area contributed by atoms with Crippen molar-refractivity contribution in [3.63, 3.8) is 0 Å². The van der Waals surface area contributed by atoms with Crippen LogP contribution in [0, 0.1) is 18.6 Å². The smallest absolute Gasteiger partial charge is 0.239 e. The zero-order valence-corrected chi connectivity index (χ0v) is 19.8. The predicted molar refractivity (Wildman–Crippen MR) is 117 cm³/mol. The van der Waals surface area contributed by atoms with Gasteiger partial charge in [-0.15, -0.1) is 5.10 Å². The number of aromatic nitrogens is 2. The van der Waals surface area contributed by atoms with E-state index in [2.05, 4.69) is 5.10 Å². The lowest BCUT2D eigenvalue weighted by atomic mass is 9.99. The van der Waals surface area contributed by atoms with E-state index in [1.165, 1.54) is 12.1 Å². The van der Waals surface area contributed by atoms with E-state index < -0.39 is 48.9 Å². The molecule has 4 N–H and O–H groups in total. The van der Waals surface area contributed by atoms with Gasteiger partial charge in [-0.2, -0.15) is 4.39 Å². The molecule has 0 saturated carbocycles. The molecule has 1 aliphatic heterocycles. The molecule has 1 saturated heterocycles. The highest BCUT2D eigenvalue weighted by Gasteiger charge is 2.45. The first-order valence-electron chi connectivity index (χ1n) is 11.1. The molecule has 0 amide bonds. The molecule has 0 bridgehead atoms. The largest absolute Gasteiger partial charge is 0.488 e. The third-order valence-electron chi connectivity index (χ3n) is 5.66. The highest BCUT2D eigenvalue weighted by molar-refractivity contribution is 5.39. The summed E-state index contributed by atoms with van der Waals surface area (Å²) < 4.78 is 47.5. The Morgan fingerprint density at radius 2 is 1.74 bits per heavy atom. The summed E-state index contributed by atoms with van der Waals surface area (Å²) in [5.74, 6) is -2.37. The molecule has 1 aromatic carbocycles. The average Bonchev–Trinajstić information content (AvgIpc) is 3.08. The van der Waals surface area contributed by atoms with E-state index >= 15 is 0 Å². The van der Waals surface area contributed by atoms with Crippen LogP contribution in [0.4, 0.5) is 8.78 Å². The number of hydrogen-bond donors (Lipinski definition) is 4. The summed E-state index contributed by atoms with van der Waals surface area (Å²) in [5.41, 5.74) is 1.08.